The van der Waals surface area contributed by atoms with E-state index in [4.69, 9.17) is 0 Å². The van der Waals surface area contributed by atoms with E-state index in [0.29, 0.717) is 12.2 Å². The fourth-order valence-electron chi connectivity index (χ4n) is 1.39. The Morgan fingerprint density at radius 2 is 2.06 bits per heavy atom. The van der Waals surface area contributed by atoms with E-state index < -0.39 is 4.92 Å². The van der Waals surface area contributed by atoms with Crippen LogP contribution in [0.4, 0.5) is 11.4 Å². The summed E-state index contributed by atoms with van der Waals surface area (Å²) in [6.07, 6.45) is 0. The van der Waals surface area contributed by atoms with Gasteiger partial charge in [-0.3, -0.25) is 10.1 Å². The van der Waals surface area contributed by atoms with Crippen molar-refractivity contribution in [1.29, 1.82) is 0 Å². The van der Waals surface area contributed by atoms with Gasteiger partial charge in [0.25, 0.3) is 5.69 Å². The van der Waals surface area contributed by atoms with Gasteiger partial charge in [0.05, 0.1) is 10.6 Å². The molecule has 4 nitrogen and oxygen atoms in total. The molecule has 0 saturated heterocycles. The molecule has 0 atom stereocenters. The van der Waals surface area contributed by atoms with Crippen LogP contribution in [-0.2, 0) is 6.54 Å². The van der Waals surface area contributed by atoms with Gasteiger partial charge in [-0.1, -0.05) is 0 Å². The molecule has 0 unspecified atom stereocenters. The van der Waals surface area contributed by atoms with E-state index in [9.17, 15) is 10.1 Å². The summed E-state index contributed by atoms with van der Waals surface area (Å²) < 4.78 is 1.85. The molecule has 1 heterocycles. The maximum atomic E-state index is 10.7. The lowest BCUT2D eigenvalue weighted by atomic mass is 10.2. The van der Waals surface area contributed by atoms with Crippen molar-refractivity contribution in [3.05, 3.63) is 53.6 Å². The van der Waals surface area contributed by atoms with E-state index in [1.807, 2.05) is 10.8 Å². The maximum absolute atomic E-state index is 10.7. The molecule has 0 fully saturated rings. The van der Waals surface area contributed by atoms with E-state index in [1.54, 1.807) is 17.4 Å². The number of hydrogen-bond acceptors (Lipinski definition) is 4. The fourth-order valence-corrected chi connectivity index (χ4v) is 3.22. The van der Waals surface area contributed by atoms with Crippen molar-refractivity contribution in [3.63, 3.8) is 0 Å². The van der Waals surface area contributed by atoms with Crippen molar-refractivity contribution in [2.75, 3.05) is 5.32 Å². The Morgan fingerprint density at radius 3 is 2.67 bits per heavy atom. The van der Waals surface area contributed by atoms with Gasteiger partial charge in [-0.05, 0) is 48.9 Å². The van der Waals surface area contributed by atoms with E-state index in [2.05, 4.69) is 37.2 Å². The lowest BCUT2D eigenvalue weighted by Gasteiger charge is -2.07. The van der Waals surface area contributed by atoms with Crippen molar-refractivity contribution in [2.24, 2.45) is 0 Å². The first-order valence-electron chi connectivity index (χ1n) is 4.96. The zero-order chi connectivity index (χ0) is 13.1. The lowest BCUT2D eigenvalue weighted by Crippen LogP contribution is -2.00. The standard InChI is InChI=1S/C11H8Br2N2O2S/c12-9-2-1-8(15(16)17)3-11(9)14-4-7-5-18-6-10(7)13/h1-3,5-6,14H,4H2. The van der Waals surface area contributed by atoms with Crippen molar-refractivity contribution in [1.82, 2.24) is 0 Å². The van der Waals surface area contributed by atoms with Crippen LogP contribution in [0.3, 0.4) is 0 Å². The van der Waals surface area contributed by atoms with Gasteiger partial charge in [0.2, 0.25) is 0 Å². The third-order valence-electron chi connectivity index (χ3n) is 2.32. The number of nitrogens with zero attached hydrogens (tertiary/aromatic N) is 1. The summed E-state index contributed by atoms with van der Waals surface area (Å²) in [4.78, 5) is 10.3. The normalized spacial score (nSPS) is 10.3. The molecule has 2 aromatic rings. The molecule has 0 amide bonds. The van der Waals surface area contributed by atoms with Crippen LogP contribution in [0.15, 0.2) is 37.9 Å². The molecule has 7 heteroatoms. The molecule has 0 spiro atoms. The highest BCUT2D eigenvalue weighted by Crippen LogP contribution is 2.29. The number of nitro groups is 1. The number of benzene rings is 1. The van der Waals surface area contributed by atoms with Crippen LogP contribution in [0, 0.1) is 10.1 Å². The summed E-state index contributed by atoms with van der Waals surface area (Å²) in [5.74, 6) is 0. The minimum Gasteiger partial charge on any atom is -0.380 e. The topological polar surface area (TPSA) is 55.2 Å². The summed E-state index contributed by atoms with van der Waals surface area (Å²) in [5.41, 5.74) is 1.91. The number of nitrogens with one attached hydrogen (secondary N) is 1. The summed E-state index contributed by atoms with van der Waals surface area (Å²) in [7, 11) is 0. The van der Waals surface area contributed by atoms with Gasteiger partial charge < -0.3 is 5.32 Å². The Bertz CT molecular complexity index is 586. The molecule has 1 aromatic carbocycles. The van der Waals surface area contributed by atoms with Crippen LogP contribution in [-0.4, -0.2) is 4.92 Å². The summed E-state index contributed by atoms with van der Waals surface area (Å²) in [6, 6.07) is 4.66. The Labute approximate surface area is 124 Å². The van der Waals surface area contributed by atoms with Crippen LogP contribution in [0.1, 0.15) is 5.56 Å². The molecule has 1 N–H and O–H groups in total. The van der Waals surface area contributed by atoms with Crippen LogP contribution in [0.5, 0.6) is 0 Å². The quantitative estimate of drug-likeness (QED) is 0.601. The predicted molar refractivity (Wildman–Crippen MR) is 80.1 cm³/mol. The Balaban J connectivity index is 2.16. The monoisotopic (exact) mass is 390 g/mol. The highest BCUT2D eigenvalue weighted by atomic mass is 79.9. The third-order valence-corrected chi connectivity index (χ3v) is 4.84. The Morgan fingerprint density at radius 1 is 1.28 bits per heavy atom. The number of hydrogen-bond donors (Lipinski definition) is 1. The van der Waals surface area contributed by atoms with Crippen molar-refractivity contribution < 1.29 is 4.92 Å². The van der Waals surface area contributed by atoms with Gasteiger partial charge in [-0.15, -0.1) is 0 Å². The average molecular weight is 392 g/mol. The second-order valence-corrected chi connectivity index (χ2v) is 5.97. The minimum absolute atomic E-state index is 0.0742. The molecule has 0 saturated carbocycles. The van der Waals surface area contributed by atoms with E-state index in [0.717, 1.165) is 14.5 Å². The highest BCUT2D eigenvalue weighted by Gasteiger charge is 2.09. The first kappa shape index (κ1) is 13.5. The van der Waals surface area contributed by atoms with Gasteiger partial charge in [0.1, 0.15) is 0 Å². The van der Waals surface area contributed by atoms with Crippen LogP contribution in [0.2, 0.25) is 0 Å². The molecule has 2 rings (SSSR count). The first-order valence-corrected chi connectivity index (χ1v) is 7.49. The SMILES string of the molecule is O=[N+]([O-])c1ccc(Br)c(NCc2cscc2Br)c1. The van der Waals surface area contributed by atoms with Gasteiger partial charge in [0, 0.05) is 33.0 Å². The van der Waals surface area contributed by atoms with Crippen LogP contribution >= 0.6 is 43.2 Å². The molecule has 1 aromatic heterocycles. The molecule has 0 bridgehead atoms. The number of thiophene rings is 1. The number of halogens is 2. The number of nitro benzene ring substituents is 1. The molecular weight excluding hydrogens is 384 g/mol. The third kappa shape index (κ3) is 3.09. The first-order chi connectivity index (χ1) is 8.58. The average Bonchev–Trinajstić information content (AvgIpc) is 2.73. The van der Waals surface area contributed by atoms with Crippen LogP contribution in [0.25, 0.3) is 0 Å². The van der Waals surface area contributed by atoms with E-state index in [1.165, 1.54) is 12.1 Å². The van der Waals surface area contributed by atoms with Gasteiger partial charge in [-0.2, -0.15) is 11.3 Å². The maximum Gasteiger partial charge on any atom is 0.271 e. The molecule has 0 radical (unpaired) electrons. The summed E-state index contributed by atoms with van der Waals surface area (Å²) in [5, 5.41) is 17.9. The van der Waals surface area contributed by atoms with Crippen molar-refractivity contribution in [3.8, 4) is 0 Å². The molecule has 18 heavy (non-hydrogen) atoms. The van der Waals surface area contributed by atoms with Crippen molar-refractivity contribution >= 4 is 54.6 Å². The molecule has 0 aliphatic carbocycles. The minimum atomic E-state index is -0.405. The van der Waals surface area contributed by atoms with Gasteiger partial charge >= 0.3 is 0 Å². The predicted octanol–water partition coefficient (Wildman–Crippen LogP) is 4.79. The number of anilines is 1. The second-order valence-electron chi connectivity index (χ2n) is 3.52. The van der Waals surface area contributed by atoms with E-state index >= 15 is 0 Å². The summed E-state index contributed by atoms with van der Waals surface area (Å²) >= 11 is 8.42. The largest absolute Gasteiger partial charge is 0.380 e. The molecule has 0 aliphatic rings. The van der Waals surface area contributed by atoms with Crippen molar-refractivity contribution in [2.45, 2.75) is 6.54 Å². The lowest BCUT2D eigenvalue weighted by molar-refractivity contribution is -0.384. The molecule has 94 valence electrons. The molecule has 0 aliphatic heterocycles. The Hall–Kier alpha value is -0.920. The highest BCUT2D eigenvalue weighted by molar-refractivity contribution is 9.11. The summed E-state index contributed by atoms with van der Waals surface area (Å²) in [6.45, 7) is 0.615. The smallest absolute Gasteiger partial charge is 0.271 e. The second kappa shape index (κ2) is 5.81. The zero-order valence-corrected chi connectivity index (χ0v) is 13.0. The fraction of sp³-hybridized carbons (Fsp3) is 0.0909. The zero-order valence-electron chi connectivity index (χ0n) is 9.02. The van der Waals surface area contributed by atoms with Crippen LogP contribution < -0.4 is 5.32 Å². The van der Waals surface area contributed by atoms with Gasteiger partial charge in [-0.25, -0.2) is 0 Å². The number of rotatable bonds is 4. The van der Waals surface area contributed by atoms with E-state index in [-0.39, 0.29) is 5.69 Å². The van der Waals surface area contributed by atoms with Gasteiger partial charge in [0.15, 0.2) is 0 Å². The Kier molecular flexibility index (Phi) is 4.36. The molecular formula is C11H8Br2N2O2S. The number of non-ortho nitro benzene ring substituents is 1.